The van der Waals surface area contributed by atoms with E-state index < -0.39 is 5.54 Å². The summed E-state index contributed by atoms with van der Waals surface area (Å²) in [6, 6.07) is 0. The molecule has 1 aromatic rings. The molecule has 0 aliphatic heterocycles. The van der Waals surface area contributed by atoms with E-state index in [1.807, 2.05) is 13.1 Å². The van der Waals surface area contributed by atoms with Crippen LogP contribution in [0.15, 0.2) is 12.4 Å². The molecular formula is C11H18N4O. The standard InChI is InChI=1S/C11H18N4O/c1-2-15-8-9(7-13-15)14-10(16)11(12)5-3-4-6-11/h7-8H,2-6,12H2,1H3,(H,14,16). The second-order valence-electron chi connectivity index (χ2n) is 4.40. The first-order chi connectivity index (χ1) is 7.64. The Morgan fingerprint density at radius 1 is 1.62 bits per heavy atom. The van der Waals surface area contributed by atoms with Crippen LogP contribution in [0.3, 0.4) is 0 Å². The van der Waals surface area contributed by atoms with E-state index in [1.54, 1.807) is 10.9 Å². The maximum atomic E-state index is 12.0. The first-order valence-corrected chi connectivity index (χ1v) is 5.77. The Labute approximate surface area is 95.0 Å². The molecular weight excluding hydrogens is 204 g/mol. The Morgan fingerprint density at radius 3 is 2.88 bits per heavy atom. The summed E-state index contributed by atoms with van der Waals surface area (Å²) >= 11 is 0. The molecule has 1 amide bonds. The molecule has 5 heteroatoms. The van der Waals surface area contributed by atoms with Crippen LogP contribution in [0.1, 0.15) is 32.6 Å². The molecule has 0 bridgehead atoms. The highest BCUT2D eigenvalue weighted by Gasteiger charge is 2.37. The number of nitrogens with two attached hydrogens (primary N) is 1. The van der Waals surface area contributed by atoms with Crippen LogP contribution in [-0.4, -0.2) is 21.2 Å². The first kappa shape index (κ1) is 11.1. The molecule has 1 aliphatic carbocycles. The number of amides is 1. The first-order valence-electron chi connectivity index (χ1n) is 5.77. The molecule has 0 atom stereocenters. The highest BCUT2D eigenvalue weighted by atomic mass is 16.2. The predicted molar refractivity (Wildman–Crippen MR) is 61.9 cm³/mol. The summed E-state index contributed by atoms with van der Waals surface area (Å²) in [4.78, 5) is 12.0. The fraction of sp³-hybridized carbons (Fsp3) is 0.636. The van der Waals surface area contributed by atoms with E-state index in [-0.39, 0.29) is 5.91 Å². The molecule has 0 saturated heterocycles. The van der Waals surface area contributed by atoms with Crippen LogP contribution < -0.4 is 11.1 Å². The van der Waals surface area contributed by atoms with Crippen LogP contribution in [0.2, 0.25) is 0 Å². The Balaban J connectivity index is 2.01. The molecule has 1 heterocycles. The van der Waals surface area contributed by atoms with Gasteiger partial charge < -0.3 is 11.1 Å². The fourth-order valence-corrected chi connectivity index (χ4v) is 2.09. The Kier molecular flexibility index (Phi) is 2.96. The SMILES string of the molecule is CCn1cc(NC(=O)C2(N)CCCC2)cn1. The van der Waals surface area contributed by atoms with Crippen molar-refractivity contribution in [2.75, 3.05) is 5.32 Å². The zero-order valence-corrected chi connectivity index (χ0v) is 9.57. The summed E-state index contributed by atoms with van der Waals surface area (Å²) in [5.41, 5.74) is 6.10. The highest BCUT2D eigenvalue weighted by Crippen LogP contribution is 2.28. The van der Waals surface area contributed by atoms with E-state index >= 15 is 0 Å². The molecule has 88 valence electrons. The molecule has 1 fully saturated rings. The molecule has 16 heavy (non-hydrogen) atoms. The van der Waals surface area contributed by atoms with Crippen LogP contribution in [0.5, 0.6) is 0 Å². The molecule has 1 aliphatic rings. The normalized spacial score (nSPS) is 18.6. The number of aromatic nitrogens is 2. The van der Waals surface area contributed by atoms with Crippen molar-refractivity contribution in [3.05, 3.63) is 12.4 Å². The van der Waals surface area contributed by atoms with Crippen LogP contribution in [0, 0.1) is 0 Å². The quantitative estimate of drug-likeness (QED) is 0.804. The van der Waals surface area contributed by atoms with Crippen molar-refractivity contribution in [3.63, 3.8) is 0 Å². The number of nitrogens with zero attached hydrogens (tertiary/aromatic N) is 2. The van der Waals surface area contributed by atoms with Crippen molar-refractivity contribution in [3.8, 4) is 0 Å². The predicted octanol–water partition coefficient (Wildman–Crippen LogP) is 1.11. The van der Waals surface area contributed by atoms with Crippen molar-refractivity contribution in [1.82, 2.24) is 9.78 Å². The van der Waals surface area contributed by atoms with E-state index in [9.17, 15) is 4.79 Å². The highest BCUT2D eigenvalue weighted by molar-refractivity contribution is 5.97. The number of anilines is 1. The van der Waals surface area contributed by atoms with E-state index in [0.29, 0.717) is 0 Å². The minimum absolute atomic E-state index is 0.0827. The Bertz CT molecular complexity index is 379. The van der Waals surface area contributed by atoms with E-state index in [1.165, 1.54) is 0 Å². The van der Waals surface area contributed by atoms with Crippen molar-refractivity contribution in [1.29, 1.82) is 0 Å². The lowest BCUT2D eigenvalue weighted by Gasteiger charge is -2.21. The summed E-state index contributed by atoms with van der Waals surface area (Å²) in [6.07, 6.45) is 7.10. The maximum Gasteiger partial charge on any atom is 0.244 e. The van der Waals surface area contributed by atoms with Gasteiger partial charge in [0, 0.05) is 12.7 Å². The fourth-order valence-electron chi connectivity index (χ4n) is 2.09. The number of rotatable bonds is 3. The molecule has 0 spiro atoms. The molecule has 2 rings (SSSR count). The monoisotopic (exact) mass is 222 g/mol. The van der Waals surface area contributed by atoms with Crippen molar-refractivity contribution >= 4 is 11.6 Å². The van der Waals surface area contributed by atoms with E-state index in [2.05, 4.69) is 10.4 Å². The van der Waals surface area contributed by atoms with Crippen molar-refractivity contribution < 1.29 is 4.79 Å². The number of carbonyl (C=O) groups excluding carboxylic acids is 1. The van der Waals surface area contributed by atoms with Gasteiger partial charge in [-0.05, 0) is 19.8 Å². The number of hydrogen-bond acceptors (Lipinski definition) is 3. The molecule has 0 aromatic carbocycles. The molecule has 1 aromatic heterocycles. The summed E-state index contributed by atoms with van der Waals surface area (Å²) in [5, 5.41) is 6.93. The van der Waals surface area contributed by atoms with Crippen LogP contribution in [0.25, 0.3) is 0 Å². The minimum Gasteiger partial charge on any atom is -0.322 e. The minimum atomic E-state index is -0.672. The third-order valence-corrected chi connectivity index (χ3v) is 3.16. The summed E-state index contributed by atoms with van der Waals surface area (Å²) in [6.45, 7) is 2.80. The van der Waals surface area contributed by atoms with Gasteiger partial charge in [0.15, 0.2) is 0 Å². The van der Waals surface area contributed by atoms with Crippen LogP contribution in [-0.2, 0) is 11.3 Å². The zero-order chi connectivity index (χ0) is 11.6. The van der Waals surface area contributed by atoms with Gasteiger partial charge in [-0.25, -0.2) is 0 Å². The van der Waals surface area contributed by atoms with Gasteiger partial charge in [0.1, 0.15) is 0 Å². The lowest BCUT2D eigenvalue weighted by molar-refractivity contribution is -0.121. The van der Waals surface area contributed by atoms with Crippen molar-refractivity contribution in [2.45, 2.75) is 44.7 Å². The lowest BCUT2D eigenvalue weighted by Crippen LogP contribution is -2.48. The Hall–Kier alpha value is -1.36. The van der Waals surface area contributed by atoms with Crippen LogP contribution in [0.4, 0.5) is 5.69 Å². The average molecular weight is 222 g/mol. The largest absolute Gasteiger partial charge is 0.322 e. The van der Waals surface area contributed by atoms with Gasteiger partial charge in [0.05, 0.1) is 17.4 Å². The van der Waals surface area contributed by atoms with E-state index in [4.69, 9.17) is 5.73 Å². The second-order valence-corrected chi connectivity index (χ2v) is 4.40. The molecule has 5 nitrogen and oxygen atoms in total. The maximum absolute atomic E-state index is 12.0. The van der Waals surface area contributed by atoms with Gasteiger partial charge in [0.2, 0.25) is 5.91 Å². The molecule has 0 unspecified atom stereocenters. The molecule has 3 N–H and O–H groups in total. The van der Waals surface area contributed by atoms with Crippen LogP contribution >= 0.6 is 0 Å². The van der Waals surface area contributed by atoms with Gasteiger partial charge in [-0.3, -0.25) is 9.48 Å². The number of aryl methyl sites for hydroxylation is 1. The van der Waals surface area contributed by atoms with Gasteiger partial charge in [0.25, 0.3) is 0 Å². The summed E-state index contributed by atoms with van der Waals surface area (Å²) < 4.78 is 1.77. The van der Waals surface area contributed by atoms with Crippen molar-refractivity contribution in [2.24, 2.45) is 5.73 Å². The molecule has 0 radical (unpaired) electrons. The Morgan fingerprint density at radius 2 is 2.31 bits per heavy atom. The number of nitrogens with one attached hydrogen (secondary N) is 1. The summed E-state index contributed by atoms with van der Waals surface area (Å²) in [5.74, 6) is -0.0827. The second kappa shape index (κ2) is 4.25. The van der Waals surface area contributed by atoms with Gasteiger partial charge in [-0.15, -0.1) is 0 Å². The van der Waals surface area contributed by atoms with Gasteiger partial charge in [-0.1, -0.05) is 12.8 Å². The van der Waals surface area contributed by atoms with Gasteiger partial charge >= 0.3 is 0 Å². The van der Waals surface area contributed by atoms with Gasteiger partial charge in [-0.2, -0.15) is 5.10 Å². The summed E-state index contributed by atoms with van der Waals surface area (Å²) in [7, 11) is 0. The topological polar surface area (TPSA) is 72.9 Å². The van der Waals surface area contributed by atoms with E-state index in [0.717, 1.165) is 37.9 Å². The number of carbonyl (C=O) groups is 1. The number of hydrogen-bond donors (Lipinski definition) is 2. The third kappa shape index (κ3) is 2.09. The smallest absolute Gasteiger partial charge is 0.244 e. The molecule has 1 saturated carbocycles. The third-order valence-electron chi connectivity index (χ3n) is 3.16. The zero-order valence-electron chi connectivity index (χ0n) is 9.57. The lowest BCUT2D eigenvalue weighted by atomic mass is 9.98. The average Bonchev–Trinajstić information content (AvgIpc) is 2.88.